The van der Waals surface area contributed by atoms with Crippen molar-refractivity contribution in [2.45, 2.75) is 0 Å². The van der Waals surface area contributed by atoms with Gasteiger partial charge in [0, 0.05) is 64.5 Å². The molecule has 0 aliphatic heterocycles. The molecule has 20 rings (SSSR count). The van der Waals surface area contributed by atoms with E-state index in [1.807, 2.05) is 91.0 Å². The summed E-state index contributed by atoms with van der Waals surface area (Å²) in [5.41, 5.74) is 23.9. The van der Waals surface area contributed by atoms with Gasteiger partial charge in [0.15, 0.2) is 34.9 Å². The molecule has 0 spiro atoms. The monoisotopic (exact) mass is 1390 g/mol. The van der Waals surface area contributed by atoms with E-state index in [2.05, 4.69) is 271 Å². The molecule has 12 heteroatoms. The number of thiophene rings is 2. The lowest BCUT2D eigenvalue weighted by Gasteiger charge is -2.10. The molecular formula is C94H58N10S2. The van der Waals surface area contributed by atoms with Crippen molar-refractivity contribution in [3.05, 3.63) is 352 Å². The first kappa shape index (κ1) is 63.2. The SMILES string of the molecule is c1ccc(-c2ccc(-c3nc(-c4ccccc4)nc(-c4ccc(-c5ccc(-c6ccc7sc8c9ccccc9nnc8c7c6)cc5)cc4)n3)cc2)cc1.c1ccc(-c2ccc(-c3nc(-c4ccccc4)nc(-c4ccc(-c5ccc(-c6cccc7nc8c(nc67)sc6ccccc68)cc5)cc4)n3)cc2)cc1. The van der Waals surface area contributed by atoms with Crippen LogP contribution in [0.25, 0.3) is 198 Å². The van der Waals surface area contributed by atoms with E-state index in [4.69, 9.17) is 39.9 Å². The van der Waals surface area contributed by atoms with Crippen LogP contribution in [0.2, 0.25) is 0 Å². The summed E-state index contributed by atoms with van der Waals surface area (Å²) in [7, 11) is 0. The topological polar surface area (TPSA) is 129 Å². The molecule has 0 saturated carbocycles. The van der Waals surface area contributed by atoms with Gasteiger partial charge in [0.2, 0.25) is 0 Å². The Bertz CT molecular complexity index is 6620. The maximum Gasteiger partial charge on any atom is 0.164 e. The second kappa shape index (κ2) is 27.5. The Morgan fingerprint density at radius 3 is 0.962 bits per heavy atom. The van der Waals surface area contributed by atoms with Crippen molar-refractivity contribution >= 4 is 85.3 Å². The van der Waals surface area contributed by atoms with Crippen LogP contribution in [0.4, 0.5) is 0 Å². The number of rotatable bonds is 12. The van der Waals surface area contributed by atoms with Crippen LogP contribution >= 0.6 is 22.7 Å². The number of aromatic nitrogens is 10. The highest BCUT2D eigenvalue weighted by Crippen LogP contribution is 2.41. The van der Waals surface area contributed by atoms with Gasteiger partial charge in [0.25, 0.3) is 0 Å². The third kappa shape index (κ3) is 12.4. The summed E-state index contributed by atoms with van der Waals surface area (Å²) in [4.78, 5) is 40.8. The third-order valence-corrected chi connectivity index (χ3v) is 21.5. The predicted molar refractivity (Wildman–Crippen MR) is 437 cm³/mol. The molecule has 0 N–H and O–H groups in total. The summed E-state index contributed by atoms with van der Waals surface area (Å²) in [6.07, 6.45) is 0. The molecule has 0 fully saturated rings. The molecule has 0 bridgehead atoms. The smallest absolute Gasteiger partial charge is 0.164 e. The van der Waals surface area contributed by atoms with Crippen LogP contribution in [-0.2, 0) is 0 Å². The summed E-state index contributed by atoms with van der Waals surface area (Å²) in [6.45, 7) is 0. The van der Waals surface area contributed by atoms with Crippen LogP contribution < -0.4 is 0 Å². The lowest BCUT2D eigenvalue weighted by Crippen LogP contribution is -2.00. The van der Waals surface area contributed by atoms with E-state index >= 15 is 0 Å². The van der Waals surface area contributed by atoms with Gasteiger partial charge in [-0.2, -0.15) is 0 Å². The van der Waals surface area contributed by atoms with Crippen LogP contribution in [0.3, 0.4) is 0 Å². The first-order valence-electron chi connectivity index (χ1n) is 35.0. The fourth-order valence-electron chi connectivity index (χ4n) is 13.7. The van der Waals surface area contributed by atoms with Crippen LogP contribution in [0.5, 0.6) is 0 Å². The maximum atomic E-state index is 5.12. The van der Waals surface area contributed by atoms with Gasteiger partial charge in [-0.3, -0.25) is 0 Å². The van der Waals surface area contributed by atoms with Crippen molar-refractivity contribution in [2.24, 2.45) is 0 Å². The molecule has 6 aromatic heterocycles. The van der Waals surface area contributed by atoms with Gasteiger partial charge in [-0.15, -0.1) is 32.9 Å². The minimum Gasteiger partial charge on any atom is -0.243 e. The van der Waals surface area contributed by atoms with Gasteiger partial charge < -0.3 is 0 Å². The van der Waals surface area contributed by atoms with E-state index in [0.717, 1.165) is 138 Å². The molecule has 106 heavy (non-hydrogen) atoms. The zero-order chi connectivity index (χ0) is 70.3. The first-order valence-corrected chi connectivity index (χ1v) is 36.6. The molecule has 0 unspecified atom stereocenters. The van der Waals surface area contributed by atoms with E-state index in [-0.39, 0.29) is 0 Å². The summed E-state index contributed by atoms with van der Waals surface area (Å²) in [6, 6.07) is 121. The van der Waals surface area contributed by atoms with E-state index in [9.17, 15) is 0 Å². The predicted octanol–water partition coefficient (Wildman–Crippen LogP) is 24.4. The van der Waals surface area contributed by atoms with Crippen molar-refractivity contribution in [1.82, 2.24) is 50.1 Å². The number of hydrogen-bond donors (Lipinski definition) is 0. The highest BCUT2D eigenvalue weighted by molar-refractivity contribution is 7.26. The van der Waals surface area contributed by atoms with E-state index in [1.54, 1.807) is 22.7 Å². The van der Waals surface area contributed by atoms with Crippen LogP contribution in [0.1, 0.15) is 0 Å². The summed E-state index contributed by atoms with van der Waals surface area (Å²) < 4.78 is 3.60. The number of nitrogens with zero attached hydrogens (tertiary/aromatic N) is 10. The summed E-state index contributed by atoms with van der Waals surface area (Å²) in [5, 5.41) is 12.6. The van der Waals surface area contributed by atoms with E-state index < -0.39 is 0 Å². The zero-order valence-corrected chi connectivity index (χ0v) is 58.4. The normalized spacial score (nSPS) is 11.4. The Hall–Kier alpha value is -13.8. The lowest BCUT2D eigenvalue weighted by molar-refractivity contribution is 1.07. The van der Waals surface area contributed by atoms with Crippen LogP contribution in [0.15, 0.2) is 352 Å². The Morgan fingerprint density at radius 2 is 0.509 bits per heavy atom. The molecule has 0 saturated heterocycles. The summed E-state index contributed by atoms with van der Waals surface area (Å²) in [5.74, 6) is 3.83. The summed E-state index contributed by atoms with van der Waals surface area (Å²) >= 11 is 3.47. The average Bonchev–Trinajstić information content (AvgIpc) is 1.60. The minimum absolute atomic E-state index is 0.632. The fourth-order valence-corrected chi connectivity index (χ4v) is 15.9. The van der Waals surface area contributed by atoms with E-state index in [1.165, 1.54) is 25.2 Å². The maximum absolute atomic E-state index is 5.12. The Labute approximate surface area is 618 Å². The van der Waals surface area contributed by atoms with Gasteiger partial charge in [0.1, 0.15) is 15.9 Å². The Balaban J connectivity index is 0.000000145. The fraction of sp³-hybridized carbons (Fsp3) is 0. The van der Waals surface area contributed by atoms with Gasteiger partial charge in [-0.25, -0.2) is 39.9 Å². The molecule has 20 aromatic rings. The minimum atomic E-state index is 0.632. The number of benzene rings is 14. The zero-order valence-electron chi connectivity index (χ0n) is 56.8. The number of hydrogen-bond acceptors (Lipinski definition) is 12. The Kier molecular flexibility index (Phi) is 16.4. The third-order valence-electron chi connectivity index (χ3n) is 19.3. The standard InChI is InChI=1S/2C47H29N5S/c1-3-10-30(11-4-1)31-20-26-36(27-21-31)45-50-44(35-12-5-2-6-13-35)51-46(52-45)37-28-22-33(23-29-37)32-18-24-34(25-19-32)38-15-9-16-40-42(38)49-47-43(48-40)39-14-7-8-17-41(39)53-47;1-3-9-30(10-4-1)31-19-23-36(24-20-31)46-48-45(35-11-5-2-6-12-35)49-47(50-46)37-25-21-33(22-26-37)32-15-17-34(18-16-32)38-27-28-42-40(29-38)43-44(53-42)39-13-7-8-14-41(39)51-52-43/h2*1-29H. The molecule has 0 amide bonds. The van der Waals surface area contributed by atoms with E-state index in [0.29, 0.717) is 34.9 Å². The molecule has 14 aromatic carbocycles. The largest absolute Gasteiger partial charge is 0.243 e. The number of fused-ring (bicyclic) bond motifs is 9. The van der Waals surface area contributed by atoms with Gasteiger partial charge in [-0.05, 0) is 91.5 Å². The second-order valence-corrected chi connectivity index (χ2v) is 28.0. The quantitative estimate of drug-likeness (QED) is 0.117. The lowest BCUT2D eigenvalue weighted by atomic mass is 9.98. The van der Waals surface area contributed by atoms with Crippen molar-refractivity contribution in [2.75, 3.05) is 0 Å². The average molecular weight is 1390 g/mol. The van der Waals surface area contributed by atoms with Crippen molar-refractivity contribution in [3.63, 3.8) is 0 Å². The molecule has 10 nitrogen and oxygen atoms in total. The van der Waals surface area contributed by atoms with Crippen molar-refractivity contribution < 1.29 is 0 Å². The molecule has 0 radical (unpaired) electrons. The molecule has 0 aliphatic carbocycles. The van der Waals surface area contributed by atoms with Gasteiger partial charge in [-0.1, -0.05) is 322 Å². The second-order valence-electron chi connectivity index (χ2n) is 25.9. The van der Waals surface area contributed by atoms with Gasteiger partial charge >= 0.3 is 0 Å². The van der Waals surface area contributed by atoms with Crippen molar-refractivity contribution in [1.29, 1.82) is 0 Å². The van der Waals surface area contributed by atoms with Gasteiger partial charge in [0.05, 0.1) is 21.3 Å². The highest BCUT2D eigenvalue weighted by Gasteiger charge is 2.19. The Morgan fingerprint density at radius 1 is 0.179 bits per heavy atom. The highest BCUT2D eigenvalue weighted by atomic mass is 32.1. The molecule has 6 heterocycles. The first-order chi connectivity index (χ1) is 52.5. The van der Waals surface area contributed by atoms with Crippen LogP contribution in [-0.4, -0.2) is 50.1 Å². The van der Waals surface area contributed by atoms with Crippen molar-refractivity contribution in [3.8, 4) is 135 Å². The van der Waals surface area contributed by atoms with Crippen LogP contribution in [0, 0.1) is 0 Å². The number of para-hydroxylation sites is 1. The molecular weight excluding hydrogens is 1330 g/mol. The molecule has 496 valence electrons. The molecule has 0 aliphatic rings. The molecule has 0 atom stereocenters.